The fourth-order valence-electron chi connectivity index (χ4n) is 2.08. The average molecular weight is 156 g/mol. The molecule has 0 spiro atoms. The molecule has 3 aliphatic heterocycles. The van der Waals surface area contributed by atoms with Gasteiger partial charge in [-0.1, -0.05) is 20.8 Å². The summed E-state index contributed by atoms with van der Waals surface area (Å²) in [4.78, 5) is 2.59. The van der Waals surface area contributed by atoms with Gasteiger partial charge in [0, 0.05) is 25.2 Å². The fourth-order valence-corrected chi connectivity index (χ4v) is 2.08. The Labute approximate surface area is 70.0 Å². The fraction of sp³-hybridized carbons (Fsp3) is 1.00. The number of nitrogens with zero attached hydrogens (tertiary/aromatic N) is 1. The summed E-state index contributed by atoms with van der Waals surface area (Å²) in [5.74, 6) is 0. The van der Waals surface area contributed by atoms with Gasteiger partial charge in [-0.3, -0.25) is 4.90 Å². The zero-order chi connectivity index (χ0) is 8.27. The van der Waals surface area contributed by atoms with Crippen molar-refractivity contribution in [3.63, 3.8) is 0 Å². The van der Waals surface area contributed by atoms with Gasteiger partial charge in [0.2, 0.25) is 0 Å². The molecule has 1 N–H and O–H groups in total. The Kier molecular flexibility index (Phi) is 3.34. The lowest BCUT2D eigenvalue weighted by atomic mass is 9.89. The highest BCUT2D eigenvalue weighted by atomic mass is 15.3. The van der Waals surface area contributed by atoms with Crippen LogP contribution in [0.5, 0.6) is 0 Å². The summed E-state index contributed by atoms with van der Waals surface area (Å²) < 4.78 is 0. The predicted octanol–water partition coefficient (Wildman–Crippen LogP) is 1.08. The SMILES string of the molecule is CC.CCN1C2CNCC1C2. The summed E-state index contributed by atoms with van der Waals surface area (Å²) in [7, 11) is 0. The maximum absolute atomic E-state index is 3.41. The lowest BCUT2D eigenvalue weighted by Crippen LogP contribution is -2.67. The van der Waals surface area contributed by atoms with Crippen molar-refractivity contribution in [2.75, 3.05) is 19.6 Å². The molecule has 2 unspecified atom stereocenters. The first-order valence-electron chi connectivity index (χ1n) is 4.88. The molecular formula is C9H20N2. The van der Waals surface area contributed by atoms with Gasteiger partial charge in [-0.2, -0.15) is 0 Å². The summed E-state index contributed by atoms with van der Waals surface area (Å²) in [6.07, 6.45) is 1.45. The van der Waals surface area contributed by atoms with Crippen LogP contribution in [-0.4, -0.2) is 36.6 Å². The van der Waals surface area contributed by atoms with Gasteiger partial charge in [0.25, 0.3) is 0 Å². The molecule has 2 nitrogen and oxygen atoms in total. The second-order valence-corrected chi connectivity index (χ2v) is 3.03. The first-order chi connectivity index (χ1) is 5.42. The molecule has 3 saturated heterocycles. The first-order valence-corrected chi connectivity index (χ1v) is 4.88. The van der Waals surface area contributed by atoms with Gasteiger partial charge in [-0.25, -0.2) is 0 Å². The molecule has 3 aliphatic rings. The Morgan fingerprint density at radius 2 is 1.82 bits per heavy atom. The Balaban J connectivity index is 0.000000281. The summed E-state index contributed by atoms with van der Waals surface area (Å²) in [5, 5.41) is 3.41. The van der Waals surface area contributed by atoms with Gasteiger partial charge in [0.05, 0.1) is 0 Å². The van der Waals surface area contributed by atoms with E-state index in [1.165, 1.54) is 26.1 Å². The zero-order valence-electron chi connectivity index (χ0n) is 7.93. The first kappa shape index (κ1) is 9.01. The van der Waals surface area contributed by atoms with Gasteiger partial charge < -0.3 is 5.32 Å². The van der Waals surface area contributed by atoms with Crippen LogP contribution < -0.4 is 5.32 Å². The number of fused-ring (bicyclic) bond motifs is 2. The zero-order valence-corrected chi connectivity index (χ0v) is 7.93. The van der Waals surface area contributed by atoms with E-state index in [1.807, 2.05) is 13.8 Å². The standard InChI is InChI=1S/C7H14N2.C2H6/c1-2-9-6-3-7(9)5-8-4-6;1-2/h6-8H,2-5H2,1H3;1-2H3. The highest BCUT2D eigenvalue weighted by Crippen LogP contribution is 2.27. The van der Waals surface area contributed by atoms with Crippen LogP contribution in [-0.2, 0) is 0 Å². The Hall–Kier alpha value is -0.0800. The van der Waals surface area contributed by atoms with Gasteiger partial charge in [0.15, 0.2) is 0 Å². The quantitative estimate of drug-likeness (QED) is 0.611. The van der Waals surface area contributed by atoms with Gasteiger partial charge in [-0.05, 0) is 13.0 Å². The van der Waals surface area contributed by atoms with Crippen molar-refractivity contribution in [1.29, 1.82) is 0 Å². The van der Waals surface area contributed by atoms with E-state index in [0.29, 0.717) is 0 Å². The molecule has 3 heterocycles. The van der Waals surface area contributed by atoms with Crippen LogP contribution in [0.2, 0.25) is 0 Å². The molecule has 0 aliphatic carbocycles. The Morgan fingerprint density at radius 1 is 1.27 bits per heavy atom. The molecule has 2 heteroatoms. The molecular weight excluding hydrogens is 136 g/mol. The minimum absolute atomic E-state index is 0.883. The second kappa shape index (κ2) is 4.07. The van der Waals surface area contributed by atoms with Crippen molar-refractivity contribution in [3.8, 4) is 0 Å². The summed E-state index contributed by atoms with van der Waals surface area (Å²) in [5.41, 5.74) is 0. The maximum Gasteiger partial charge on any atom is 0.0239 e. The smallest absolute Gasteiger partial charge is 0.0239 e. The average Bonchev–Trinajstić information content (AvgIpc) is 2.10. The normalized spacial score (nSPS) is 35.2. The molecule has 0 radical (unpaired) electrons. The van der Waals surface area contributed by atoms with Crippen LogP contribution in [0.3, 0.4) is 0 Å². The Morgan fingerprint density at radius 3 is 2.09 bits per heavy atom. The highest BCUT2D eigenvalue weighted by Gasteiger charge is 2.39. The van der Waals surface area contributed by atoms with Crippen molar-refractivity contribution in [3.05, 3.63) is 0 Å². The molecule has 3 fully saturated rings. The molecule has 3 rings (SSSR count). The third-order valence-electron chi connectivity index (χ3n) is 2.61. The molecule has 2 atom stereocenters. The Bertz CT molecular complexity index is 100. The van der Waals surface area contributed by atoms with Crippen molar-refractivity contribution < 1.29 is 0 Å². The van der Waals surface area contributed by atoms with E-state index >= 15 is 0 Å². The summed E-state index contributed by atoms with van der Waals surface area (Å²) >= 11 is 0. The molecule has 0 aromatic heterocycles. The molecule has 11 heavy (non-hydrogen) atoms. The van der Waals surface area contributed by atoms with E-state index in [1.54, 1.807) is 0 Å². The number of nitrogens with one attached hydrogen (secondary N) is 1. The van der Waals surface area contributed by atoms with E-state index in [9.17, 15) is 0 Å². The van der Waals surface area contributed by atoms with Gasteiger partial charge >= 0.3 is 0 Å². The maximum atomic E-state index is 3.41. The predicted molar refractivity (Wildman–Crippen MR) is 48.8 cm³/mol. The number of rotatable bonds is 1. The second-order valence-electron chi connectivity index (χ2n) is 3.03. The van der Waals surface area contributed by atoms with E-state index in [0.717, 1.165) is 12.1 Å². The van der Waals surface area contributed by atoms with Crippen molar-refractivity contribution in [1.82, 2.24) is 10.2 Å². The van der Waals surface area contributed by atoms with Crippen molar-refractivity contribution in [2.45, 2.75) is 39.3 Å². The van der Waals surface area contributed by atoms with Gasteiger partial charge in [0.1, 0.15) is 0 Å². The van der Waals surface area contributed by atoms with E-state index in [-0.39, 0.29) is 0 Å². The third-order valence-corrected chi connectivity index (χ3v) is 2.61. The highest BCUT2D eigenvalue weighted by molar-refractivity contribution is 4.98. The van der Waals surface area contributed by atoms with Crippen molar-refractivity contribution in [2.24, 2.45) is 0 Å². The number of hydrogen-bond acceptors (Lipinski definition) is 2. The van der Waals surface area contributed by atoms with Crippen LogP contribution >= 0.6 is 0 Å². The molecule has 0 aromatic rings. The number of piperidine rings is 1. The van der Waals surface area contributed by atoms with Crippen LogP contribution in [0.1, 0.15) is 27.2 Å². The summed E-state index contributed by atoms with van der Waals surface area (Å²) in [6.45, 7) is 9.95. The van der Waals surface area contributed by atoms with E-state index in [4.69, 9.17) is 0 Å². The van der Waals surface area contributed by atoms with Crippen LogP contribution in [0.25, 0.3) is 0 Å². The lowest BCUT2D eigenvalue weighted by molar-refractivity contribution is -0.00812. The molecule has 0 saturated carbocycles. The molecule has 0 aromatic carbocycles. The topological polar surface area (TPSA) is 15.3 Å². The monoisotopic (exact) mass is 156 g/mol. The third kappa shape index (κ3) is 1.57. The number of piperazine rings is 1. The van der Waals surface area contributed by atoms with Crippen molar-refractivity contribution >= 4 is 0 Å². The van der Waals surface area contributed by atoms with Crippen LogP contribution in [0.4, 0.5) is 0 Å². The number of likely N-dealkylation sites (N-methyl/N-ethyl adjacent to an activating group) is 1. The van der Waals surface area contributed by atoms with E-state index in [2.05, 4.69) is 17.1 Å². The van der Waals surface area contributed by atoms with Gasteiger partial charge in [-0.15, -0.1) is 0 Å². The molecule has 2 bridgehead atoms. The summed E-state index contributed by atoms with van der Waals surface area (Å²) in [6, 6.07) is 1.77. The van der Waals surface area contributed by atoms with Crippen LogP contribution in [0, 0.1) is 0 Å². The lowest BCUT2D eigenvalue weighted by Gasteiger charge is -2.52. The minimum atomic E-state index is 0.883. The molecule has 0 amide bonds. The largest absolute Gasteiger partial charge is 0.314 e. The number of hydrogen-bond donors (Lipinski definition) is 1. The minimum Gasteiger partial charge on any atom is -0.314 e. The van der Waals surface area contributed by atoms with E-state index < -0.39 is 0 Å². The molecule has 66 valence electrons. The van der Waals surface area contributed by atoms with Crippen LogP contribution in [0.15, 0.2) is 0 Å².